The first-order valence-corrected chi connectivity index (χ1v) is 7.62. The molecule has 0 fully saturated rings. The maximum absolute atomic E-state index is 11.9. The highest BCUT2D eigenvalue weighted by Crippen LogP contribution is 2.22. The zero-order valence-corrected chi connectivity index (χ0v) is 11.1. The first-order chi connectivity index (χ1) is 8.53. The predicted octanol–water partition coefficient (Wildman–Crippen LogP) is 1.57. The standard InChI is InChI=1S/C12H12ClNO3S/c13-8-12(15)14(10-4-2-1-3-5-10)11-6-7-18(16,17)9-11/h1-7,11H,8-9H2/t11-/m0/s1. The van der Waals surface area contributed by atoms with Gasteiger partial charge in [-0.25, -0.2) is 8.42 Å². The van der Waals surface area contributed by atoms with Crippen LogP contribution in [0.3, 0.4) is 0 Å². The van der Waals surface area contributed by atoms with Gasteiger partial charge in [0.1, 0.15) is 5.88 Å². The van der Waals surface area contributed by atoms with Crippen LogP contribution in [0.15, 0.2) is 41.8 Å². The van der Waals surface area contributed by atoms with Crippen molar-refractivity contribution in [3.8, 4) is 0 Å². The Hall–Kier alpha value is -1.33. The summed E-state index contributed by atoms with van der Waals surface area (Å²) in [6.07, 6.45) is 1.52. The highest BCUT2D eigenvalue weighted by atomic mass is 35.5. The third-order valence-electron chi connectivity index (χ3n) is 2.66. The summed E-state index contributed by atoms with van der Waals surface area (Å²) in [6.45, 7) is 0. The van der Waals surface area contributed by atoms with Gasteiger partial charge >= 0.3 is 0 Å². The Morgan fingerprint density at radius 2 is 2.00 bits per heavy atom. The number of alkyl halides is 1. The maximum Gasteiger partial charge on any atom is 0.242 e. The van der Waals surface area contributed by atoms with Crippen molar-refractivity contribution in [3.63, 3.8) is 0 Å². The Balaban J connectivity index is 2.34. The quantitative estimate of drug-likeness (QED) is 0.792. The van der Waals surface area contributed by atoms with E-state index >= 15 is 0 Å². The lowest BCUT2D eigenvalue weighted by molar-refractivity contribution is -0.116. The molecule has 6 heteroatoms. The molecule has 1 aliphatic heterocycles. The Bertz CT molecular complexity index is 568. The second-order valence-corrected chi connectivity index (χ2v) is 6.16. The van der Waals surface area contributed by atoms with E-state index in [1.54, 1.807) is 24.3 Å². The second kappa shape index (κ2) is 5.12. The number of rotatable bonds is 3. The second-order valence-electron chi connectivity index (χ2n) is 3.96. The van der Waals surface area contributed by atoms with Crippen molar-refractivity contribution in [2.24, 2.45) is 0 Å². The number of hydrogen-bond acceptors (Lipinski definition) is 3. The first-order valence-electron chi connectivity index (χ1n) is 5.37. The minimum atomic E-state index is -3.21. The fourth-order valence-electron chi connectivity index (χ4n) is 1.89. The van der Waals surface area contributed by atoms with Gasteiger partial charge in [-0.1, -0.05) is 18.2 Å². The van der Waals surface area contributed by atoms with Crippen molar-refractivity contribution < 1.29 is 13.2 Å². The Labute approximate surface area is 111 Å². The predicted molar refractivity (Wildman–Crippen MR) is 71.4 cm³/mol. The van der Waals surface area contributed by atoms with Crippen molar-refractivity contribution in [1.82, 2.24) is 0 Å². The van der Waals surface area contributed by atoms with Crippen molar-refractivity contribution in [2.75, 3.05) is 16.5 Å². The van der Waals surface area contributed by atoms with Crippen LogP contribution in [-0.2, 0) is 14.6 Å². The van der Waals surface area contributed by atoms with Gasteiger partial charge in [0.25, 0.3) is 0 Å². The molecule has 18 heavy (non-hydrogen) atoms. The summed E-state index contributed by atoms with van der Waals surface area (Å²) < 4.78 is 22.9. The van der Waals surface area contributed by atoms with E-state index in [1.165, 1.54) is 11.0 Å². The minimum absolute atomic E-state index is 0.0927. The van der Waals surface area contributed by atoms with E-state index in [-0.39, 0.29) is 17.5 Å². The molecule has 0 unspecified atom stereocenters. The van der Waals surface area contributed by atoms with Crippen LogP contribution >= 0.6 is 11.6 Å². The van der Waals surface area contributed by atoms with E-state index in [0.717, 1.165) is 5.41 Å². The fraction of sp³-hybridized carbons (Fsp3) is 0.250. The Morgan fingerprint density at radius 1 is 1.33 bits per heavy atom. The molecule has 0 saturated heterocycles. The zero-order valence-electron chi connectivity index (χ0n) is 9.49. The molecule has 1 amide bonds. The van der Waals surface area contributed by atoms with Crippen LogP contribution in [0.25, 0.3) is 0 Å². The minimum Gasteiger partial charge on any atom is -0.303 e. The molecule has 0 N–H and O–H groups in total. The van der Waals surface area contributed by atoms with Crippen LogP contribution in [-0.4, -0.2) is 32.0 Å². The number of hydrogen-bond donors (Lipinski definition) is 0. The van der Waals surface area contributed by atoms with E-state index in [0.29, 0.717) is 5.69 Å². The summed E-state index contributed by atoms with van der Waals surface area (Å²) in [7, 11) is -3.21. The number of halogens is 1. The van der Waals surface area contributed by atoms with Gasteiger partial charge in [0.15, 0.2) is 9.84 Å². The maximum atomic E-state index is 11.9. The first kappa shape index (κ1) is 13.1. The molecule has 1 atom stereocenters. The lowest BCUT2D eigenvalue weighted by atomic mass is 10.2. The van der Waals surface area contributed by atoms with Gasteiger partial charge in [0, 0.05) is 11.1 Å². The van der Waals surface area contributed by atoms with E-state index in [2.05, 4.69) is 0 Å². The zero-order chi connectivity index (χ0) is 13.2. The third-order valence-corrected chi connectivity index (χ3v) is 4.27. The largest absolute Gasteiger partial charge is 0.303 e. The summed E-state index contributed by atoms with van der Waals surface area (Å²) in [5, 5.41) is 1.15. The van der Waals surface area contributed by atoms with Crippen LogP contribution in [0.4, 0.5) is 5.69 Å². The number of amides is 1. The molecule has 0 radical (unpaired) electrons. The molecule has 0 aliphatic carbocycles. The van der Waals surface area contributed by atoms with Gasteiger partial charge in [0.2, 0.25) is 5.91 Å². The summed E-state index contributed by atoms with van der Waals surface area (Å²) in [5.74, 6) is -0.585. The number of carbonyl (C=O) groups is 1. The number of carbonyl (C=O) groups excluding carboxylic acids is 1. The molecule has 1 aromatic carbocycles. The lowest BCUT2D eigenvalue weighted by Crippen LogP contribution is -2.41. The highest BCUT2D eigenvalue weighted by Gasteiger charge is 2.30. The van der Waals surface area contributed by atoms with Gasteiger partial charge in [0.05, 0.1) is 11.8 Å². The lowest BCUT2D eigenvalue weighted by Gasteiger charge is -2.26. The molecule has 0 bridgehead atoms. The monoisotopic (exact) mass is 285 g/mol. The molecular weight excluding hydrogens is 274 g/mol. The fourth-order valence-corrected chi connectivity index (χ4v) is 3.29. The van der Waals surface area contributed by atoms with E-state index in [4.69, 9.17) is 11.6 Å². The molecule has 4 nitrogen and oxygen atoms in total. The van der Waals surface area contributed by atoms with Crippen molar-refractivity contribution in [2.45, 2.75) is 6.04 Å². The van der Waals surface area contributed by atoms with Crippen molar-refractivity contribution in [1.29, 1.82) is 0 Å². The average molecular weight is 286 g/mol. The topological polar surface area (TPSA) is 54.5 Å². The SMILES string of the molecule is O=C(CCl)N(c1ccccc1)[C@H]1C=CS(=O)(=O)C1. The van der Waals surface area contributed by atoms with Gasteiger partial charge < -0.3 is 4.90 Å². The summed E-state index contributed by atoms with van der Waals surface area (Å²) in [6, 6.07) is 8.43. The van der Waals surface area contributed by atoms with Gasteiger partial charge in [-0.3, -0.25) is 4.79 Å². The molecular formula is C12H12ClNO3S. The van der Waals surface area contributed by atoms with Crippen LogP contribution in [0.5, 0.6) is 0 Å². The van der Waals surface area contributed by atoms with Crippen molar-refractivity contribution in [3.05, 3.63) is 41.8 Å². The summed E-state index contributed by atoms with van der Waals surface area (Å²) in [5.41, 5.74) is 0.648. The summed E-state index contributed by atoms with van der Waals surface area (Å²) >= 11 is 5.58. The van der Waals surface area contributed by atoms with Gasteiger partial charge in [-0.05, 0) is 18.2 Å². The highest BCUT2D eigenvalue weighted by molar-refractivity contribution is 7.94. The molecule has 0 spiro atoms. The molecule has 1 heterocycles. The number of nitrogens with zero attached hydrogens (tertiary/aromatic N) is 1. The van der Waals surface area contributed by atoms with E-state index in [1.807, 2.05) is 6.07 Å². The number of para-hydroxylation sites is 1. The van der Waals surface area contributed by atoms with Crippen LogP contribution in [0, 0.1) is 0 Å². The van der Waals surface area contributed by atoms with E-state index < -0.39 is 15.9 Å². The molecule has 0 saturated carbocycles. The summed E-state index contributed by atoms with van der Waals surface area (Å²) in [4.78, 5) is 13.3. The smallest absolute Gasteiger partial charge is 0.242 e. The number of sulfone groups is 1. The molecule has 2 rings (SSSR count). The van der Waals surface area contributed by atoms with Crippen LogP contribution < -0.4 is 4.90 Å². The van der Waals surface area contributed by atoms with Crippen LogP contribution in [0.2, 0.25) is 0 Å². The molecule has 1 aromatic rings. The normalized spacial score (nSPS) is 20.8. The molecule has 96 valence electrons. The van der Waals surface area contributed by atoms with Crippen molar-refractivity contribution >= 4 is 33.0 Å². The molecule has 0 aromatic heterocycles. The van der Waals surface area contributed by atoms with Crippen LogP contribution in [0.1, 0.15) is 0 Å². The average Bonchev–Trinajstić information content (AvgIpc) is 2.71. The van der Waals surface area contributed by atoms with Gasteiger partial charge in [-0.2, -0.15) is 0 Å². The van der Waals surface area contributed by atoms with E-state index in [9.17, 15) is 13.2 Å². The molecule has 1 aliphatic rings. The van der Waals surface area contributed by atoms with Gasteiger partial charge in [-0.15, -0.1) is 11.6 Å². The number of anilines is 1. The Morgan fingerprint density at radius 3 is 2.50 bits per heavy atom. The number of benzene rings is 1. The third kappa shape index (κ3) is 2.73. The Kier molecular flexibility index (Phi) is 3.73.